The molecule has 8 heteroatoms. The number of hydrogen-bond acceptors (Lipinski definition) is 2. The third kappa shape index (κ3) is 5.68. The van der Waals surface area contributed by atoms with Crippen LogP contribution >= 0.6 is 23.2 Å². The van der Waals surface area contributed by atoms with E-state index >= 15 is 0 Å². The fourth-order valence-corrected chi connectivity index (χ4v) is 3.21. The molecular formula is C18H21Cl2F2N3O. The van der Waals surface area contributed by atoms with E-state index in [2.05, 4.69) is 10.4 Å². The summed E-state index contributed by atoms with van der Waals surface area (Å²) in [6, 6.07) is 5.30. The van der Waals surface area contributed by atoms with E-state index in [9.17, 15) is 13.6 Å². The lowest BCUT2D eigenvalue weighted by atomic mass is 10.0. The minimum Gasteiger partial charge on any atom is -0.349 e. The van der Waals surface area contributed by atoms with E-state index in [1.54, 1.807) is 12.1 Å². The Morgan fingerprint density at radius 3 is 2.69 bits per heavy atom. The van der Waals surface area contributed by atoms with Crippen LogP contribution in [0.2, 0.25) is 10.0 Å². The van der Waals surface area contributed by atoms with Crippen molar-refractivity contribution in [2.75, 3.05) is 0 Å². The van der Waals surface area contributed by atoms with Crippen LogP contribution in [0, 0.1) is 0 Å². The molecule has 142 valence electrons. The quantitative estimate of drug-likeness (QED) is 0.615. The molecule has 0 spiro atoms. The van der Waals surface area contributed by atoms with Crippen molar-refractivity contribution in [2.24, 2.45) is 7.05 Å². The number of amides is 1. The van der Waals surface area contributed by atoms with Crippen LogP contribution in [0.15, 0.2) is 24.4 Å². The van der Waals surface area contributed by atoms with Crippen LogP contribution in [0.1, 0.15) is 54.2 Å². The highest BCUT2D eigenvalue weighted by Gasteiger charge is 2.23. The van der Waals surface area contributed by atoms with Gasteiger partial charge >= 0.3 is 0 Å². The van der Waals surface area contributed by atoms with E-state index in [-0.39, 0.29) is 11.6 Å². The predicted octanol–water partition coefficient (Wildman–Crippen LogP) is 5.20. The van der Waals surface area contributed by atoms with Gasteiger partial charge in [-0.3, -0.25) is 9.48 Å². The fraction of sp³-hybridized carbons (Fsp3) is 0.444. The molecular weight excluding hydrogens is 383 g/mol. The minimum atomic E-state index is -2.78. The maximum Gasteiger partial charge on any atom is 0.282 e. The van der Waals surface area contributed by atoms with Crippen LogP contribution in [-0.4, -0.2) is 21.7 Å². The number of carbonyl (C=O) groups excluding carboxylic acids is 1. The van der Waals surface area contributed by atoms with Gasteiger partial charge in [0.1, 0.15) is 5.69 Å². The number of carbonyl (C=O) groups is 1. The van der Waals surface area contributed by atoms with E-state index in [1.165, 1.54) is 17.9 Å². The van der Waals surface area contributed by atoms with Crippen molar-refractivity contribution in [1.29, 1.82) is 0 Å². The smallest absolute Gasteiger partial charge is 0.282 e. The fourth-order valence-electron chi connectivity index (χ4n) is 2.71. The Kier molecular flexibility index (Phi) is 7.41. The second-order valence-corrected chi connectivity index (χ2v) is 7.10. The van der Waals surface area contributed by atoms with E-state index in [0.717, 1.165) is 31.2 Å². The Morgan fingerprint density at radius 2 is 2.04 bits per heavy atom. The molecule has 1 aromatic carbocycles. The Hall–Kier alpha value is -1.66. The number of halogens is 4. The summed E-state index contributed by atoms with van der Waals surface area (Å²) in [5.41, 5.74) is 0.460. The van der Waals surface area contributed by atoms with Gasteiger partial charge in [0.15, 0.2) is 0 Å². The predicted molar refractivity (Wildman–Crippen MR) is 99.1 cm³/mol. The van der Waals surface area contributed by atoms with Crippen molar-refractivity contribution in [3.8, 4) is 0 Å². The van der Waals surface area contributed by atoms with Crippen molar-refractivity contribution in [2.45, 2.75) is 45.1 Å². The summed E-state index contributed by atoms with van der Waals surface area (Å²) in [7, 11) is 1.51. The number of unbranched alkanes of at least 4 members (excludes halogenated alkanes) is 1. The maximum atomic E-state index is 12.9. The Bertz CT molecular complexity index is 765. The van der Waals surface area contributed by atoms with Crippen LogP contribution in [0.5, 0.6) is 0 Å². The summed E-state index contributed by atoms with van der Waals surface area (Å²) in [4.78, 5) is 12.2. The monoisotopic (exact) mass is 403 g/mol. The molecule has 2 rings (SSSR count). The minimum absolute atomic E-state index is 0.0812. The number of hydrogen-bond donors (Lipinski definition) is 1. The first-order valence-electron chi connectivity index (χ1n) is 8.34. The van der Waals surface area contributed by atoms with Gasteiger partial charge in [0, 0.05) is 29.3 Å². The van der Waals surface area contributed by atoms with Crippen LogP contribution in [0.3, 0.4) is 0 Å². The second kappa shape index (κ2) is 9.33. The largest absolute Gasteiger partial charge is 0.349 e. The summed E-state index contributed by atoms with van der Waals surface area (Å²) in [5, 5.41) is 7.65. The molecule has 1 amide bonds. The Morgan fingerprint density at radius 1 is 1.31 bits per heavy atom. The molecule has 1 heterocycles. The van der Waals surface area contributed by atoms with Crippen LogP contribution < -0.4 is 5.32 Å². The van der Waals surface area contributed by atoms with E-state index < -0.39 is 18.0 Å². The van der Waals surface area contributed by atoms with Gasteiger partial charge < -0.3 is 5.32 Å². The lowest BCUT2D eigenvalue weighted by molar-refractivity contribution is 0.0923. The van der Waals surface area contributed by atoms with Gasteiger partial charge in [0.05, 0.1) is 5.56 Å². The molecule has 0 aliphatic rings. The molecule has 2 aromatic rings. The van der Waals surface area contributed by atoms with Gasteiger partial charge in [-0.05, 0) is 43.9 Å². The van der Waals surface area contributed by atoms with Crippen molar-refractivity contribution < 1.29 is 13.6 Å². The highest BCUT2D eigenvalue weighted by atomic mass is 35.5. The molecule has 4 nitrogen and oxygen atoms in total. The Balaban J connectivity index is 1.80. The summed E-state index contributed by atoms with van der Waals surface area (Å²) < 4.78 is 27.1. The summed E-state index contributed by atoms with van der Waals surface area (Å²) in [6.45, 7) is 1.85. The number of aryl methyl sites for hydroxylation is 2. The van der Waals surface area contributed by atoms with Gasteiger partial charge in [-0.2, -0.15) is 5.10 Å². The first-order chi connectivity index (χ1) is 12.3. The normalized spacial score (nSPS) is 12.4. The molecule has 0 bridgehead atoms. The van der Waals surface area contributed by atoms with E-state index in [1.807, 2.05) is 13.0 Å². The highest BCUT2D eigenvalue weighted by molar-refractivity contribution is 6.35. The standard InChI is InChI=1S/C18H21Cl2F2N3O/c1-11(5-3-4-6-12-7-8-13(19)9-15(12)20)23-18(26)14-10-25(2)24-16(14)17(21)22/h7-11,17H,3-6H2,1-2H3,(H,23,26). The summed E-state index contributed by atoms with van der Waals surface area (Å²) in [5.74, 6) is -0.526. The number of benzene rings is 1. The van der Waals surface area contributed by atoms with Gasteiger partial charge in [0.2, 0.25) is 0 Å². The molecule has 0 fully saturated rings. The SMILES string of the molecule is CC(CCCCc1ccc(Cl)cc1Cl)NC(=O)c1cn(C)nc1C(F)F. The maximum absolute atomic E-state index is 12.9. The van der Waals surface area contributed by atoms with Crippen molar-refractivity contribution in [3.63, 3.8) is 0 Å². The molecule has 0 aliphatic carbocycles. The third-order valence-electron chi connectivity index (χ3n) is 4.03. The second-order valence-electron chi connectivity index (χ2n) is 6.26. The first kappa shape index (κ1) is 20.6. The topological polar surface area (TPSA) is 46.9 Å². The number of alkyl halides is 2. The zero-order chi connectivity index (χ0) is 19.3. The summed E-state index contributed by atoms with van der Waals surface area (Å²) >= 11 is 12.0. The molecule has 1 N–H and O–H groups in total. The first-order valence-corrected chi connectivity index (χ1v) is 9.10. The van der Waals surface area contributed by atoms with Crippen LogP contribution in [-0.2, 0) is 13.5 Å². The number of nitrogens with one attached hydrogen (secondary N) is 1. The summed E-state index contributed by atoms with van der Waals surface area (Å²) in [6.07, 6.45) is 1.85. The third-order valence-corrected chi connectivity index (χ3v) is 4.62. The van der Waals surface area contributed by atoms with E-state index in [4.69, 9.17) is 23.2 Å². The molecule has 0 saturated heterocycles. The van der Waals surface area contributed by atoms with Gasteiger partial charge in [0.25, 0.3) is 12.3 Å². The zero-order valence-electron chi connectivity index (χ0n) is 14.6. The van der Waals surface area contributed by atoms with Crippen molar-refractivity contribution in [1.82, 2.24) is 15.1 Å². The number of aromatic nitrogens is 2. The number of rotatable bonds is 8. The van der Waals surface area contributed by atoms with E-state index in [0.29, 0.717) is 10.0 Å². The van der Waals surface area contributed by atoms with Crippen molar-refractivity contribution in [3.05, 3.63) is 51.3 Å². The average molecular weight is 404 g/mol. The lowest BCUT2D eigenvalue weighted by Crippen LogP contribution is -2.32. The number of nitrogens with zero attached hydrogens (tertiary/aromatic N) is 2. The van der Waals surface area contributed by atoms with Crippen LogP contribution in [0.25, 0.3) is 0 Å². The Labute approximate surface area is 161 Å². The molecule has 0 aliphatic heterocycles. The lowest BCUT2D eigenvalue weighted by Gasteiger charge is -2.14. The van der Waals surface area contributed by atoms with Crippen molar-refractivity contribution >= 4 is 29.1 Å². The highest BCUT2D eigenvalue weighted by Crippen LogP contribution is 2.23. The van der Waals surface area contributed by atoms with Gasteiger partial charge in [-0.1, -0.05) is 35.7 Å². The molecule has 26 heavy (non-hydrogen) atoms. The molecule has 1 atom stereocenters. The molecule has 1 aromatic heterocycles. The van der Waals surface area contributed by atoms with Gasteiger partial charge in [-0.15, -0.1) is 0 Å². The molecule has 1 unspecified atom stereocenters. The molecule has 0 radical (unpaired) electrons. The van der Waals surface area contributed by atoms with Gasteiger partial charge in [-0.25, -0.2) is 8.78 Å². The average Bonchev–Trinajstić information content (AvgIpc) is 2.95. The molecule has 0 saturated carbocycles. The van der Waals surface area contributed by atoms with Crippen LogP contribution in [0.4, 0.5) is 8.78 Å². The zero-order valence-corrected chi connectivity index (χ0v) is 16.1.